The van der Waals surface area contributed by atoms with Crippen molar-refractivity contribution in [2.24, 2.45) is 5.92 Å². The molecule has 2 heterocycles. The zero-order valence-electron chi connectivity index (χ0n) is 22.9. The lowest BCUT2D eigenvalue weighted by atomic mass is 9.88. The van der Waals surface area contributed by atoms with Gasteiger partial charge in [0.05, 0.1) is 22.7 Å². The maximum absolute atomic E-state index is 13.2. The van der Waals surface area contributed by atoms with Crippen LogP contribution in [0.2, 0.25) is 0 Å². The zero-order valence-corrected chi connectivity index (χ0v) is 22.9. The molecule has 2 fully saturated rings. The molecule has 2 aliphatic rings. The van der Waals surface area contributed by atoms with Gasteiger partial charge in [-0.15, -0.1) is 0 Å². The largest absolute Gasteiger partial charge is 0.340 e. The Morgan fingerprint density at radius 3 is 2.50 bits per heavy atom. The predicted molar refractivity (Wildman–Crippen MR) is 153 cm³/mol. The highest BCUT2D eigenvalue weighted by molar-refractivity contribution is 6.04. The Morgan fingerprint density at radius 1 is 1.07 bits per heavy atom. The van der Waals surface area contributed by atoms with E-state index in [9.17, 15) is 14.4 Å². The third kappa shape index (κ3) is 6.00. The molecule has 40 heavy (non-hydrogen) atoms. The predicted octanol–water partition coefficient (Wildman–Crippen LogP) is 3.53. The summed E-state index contributed by atoms with van der Waals surface area (Å²) in [4.78, 5) is 47.4. The maximum Gasteiger partial charge on any atom is 0.257 e. The number of benzene rings is 2. The Hall–Kier alpha value is -4.23. The number of nitrogens with one attached hydrogen (secondary N) is 2. The lowest BCUT2D eigenvalue weighted by molar-refractivity contribution is -0.132. The fourth-order valence-electron chi connectivity index (χ4n) is 5.55. The van der Waals surface area contributed by atoms with E-state index in [4.69, 9.17) is 10.2 Å². The maximum atomic E-state index is 13.2. The summed E-state index contributed by atoms with van der Waals surface area (Å²) in [5.41, 5.74) is 3.01. The minimum Gasteiger partial charge on any atom is -0.340 e. The van der Waals surface area contributed by atoms with E-state index in [1.807, 2.05) is 27.7 Å². The average Bonchev–Trinajstić information content (AvgIpc) is 3.35. The number of nitriles is 1. The number of anilines is 2. The number of imidazole rings is 1. The highest BCUT2D eigenvalue weighted by atomic mass is 16.2. The first kappa shape index (κ1) is 27.3. The van der Waals surface area contributed by atoms with Crippen LogP contribution >= 0.6 is 0 Å². The molecule has 208 valence electrons. The fraction of sp³-hybridized carbons (Fsp3) is 0.433. The molecule has 5 rings (SSSR count). The first-order valence-corrected chi connectivity index (χ1v) is 14.0. The van der Waals surface area contributed by atoms with E-state index >= 15 is 0 Å². The highest BCUT2D eigenvalue weighted by Crippen LogP contribution is 2.29. The van der Waals surface area contributed by atoms with Crippen LogP contribution in [0.4, 0.5) is 11.6 Å². The van der Waals surface area contributed by atoms with Crippen molar-refractivity contribution < 1.29 is 14.4 Å². The molecule has 10 nitrogen and oxygen atoms in total. The van der Waals surface area contributed by atoms with Crippen molar-refractivity contribution in [3.8, 4) is 6.07 Å². The molecule has 10 heteroatoms. The molecule has 0 bridgehead atoms. The van der Waals surface area contributed by atoms with Crippen LogP contribution in [0, 0.1) is 17.2 Å². The molecule has 0 atom stereocenters. The van der Waals surface area contributed by atoms with E-state index in [0.717, 1.165) is 50.0 Å². The summed E-state index contributed by atoms with van der Waals surface area (Å²) >= 11 is 0. The van der Waals surface area contributed by atoms with Crippen LogP contribution in [0.15, 0.2) is 42.5 Å². The van der Waals surface area contributed by atoms with Crippen LogP contribution in [0.3, 0.4) is 0 Å². The number of amides is 3. The van der Waals surface area contributed by atoms with Gasteiger partial charge in [0.25, 0.3) is 5.91 Å². The zero-order chi connectivity index (χ0) is 28.1. The van der Waals surface area contributed by atoms with Gasteiger partial charge in [0, 0.05) is 63.4 Å². The number of piperazine rings is 1. The van der Waals surface area contributed by atoms with Gasteiger partial charge in [0.15, 0.2) is 0 Å². The van der Waals surface area contributed by atoms with Crippen molar-refractivity contribution in [3.63, 3.8) is 0 Å². The Balaban J connectivity index is 1.41. The molecule has 1 aromatic heterocycles. The van der Waals surface area contributed by atoms with Gasteiger partial charge >= 0.3 is 0 Å². The molecule has 1 saturated carbocycles. The highest BCUT2D eigenvalue weighted by Gasteiger charge is 2.26. The summed E-state index contributed by atoms with van der Waals surface area (Å²) in [5.74, 6) is 0.192. The van der Waals surface area contributed by atoms with Gasteiger partial charge in [-0.2, -0.15) is 5.26 Å². The number of aryl methyl sites for hydroxylation is 1. The van der Waals surface area contributed by atoms with Gasteiger partial charge in [-0.3, -0.25) is 19.7 Å². The molecule has 2 N–H and O–H groups in total. The van der Waals surface area contributed by atoms with Gasteiger partial charge in [-0.1, -0.05) is 19.3 Å². The van der Waals surface area contributed by atoms with Crippen LogP contribution in [-0.4, -0.2) is 65.4 Å². The summed E-state index contributed by atoms with van der Waals surface area (Å²) in [6.45, 7) is 3.26. The number of carbonyl (C=O) groups excluding carboxylic acids is 3. The Labute approximate surface area is 233 Å². The van der Waals surface area contributed by atoms with E-state index in [2.05, 4.69) is 16.7 Å². The van der Waals surface area contributed by atoms with Crippen molar-refractivity contribution in [2.45, 2.75) is 45.1 Å². The molecule has 0 radical (unpaired) electrons. The lowest BCUT2D eigenvalue weighted by Gasteiger charge is -2.27. The summed E-state index contributed by atoms with van der Waals surface area (Å²) in [5, 5.41) is 15.2. The Morgan fingerprint density at radius 2 is 1.80 bits per heavy atom. The average molecular weight is 542 g/mol. The number of rotatable bonds is 7. The van der Waals surface area contributed by atoms with Crippen LogP contribution in [0.1, 0.15) is 54.4 Å². The molecule has 3 amide bonds. The molecule has 1 saturated heterocycles. The number of nitrogens with zero attached hydrogens (tertiary/aromatic N) is 5. The van der Waals surface area contributed by atoms with Crippen LogP contribution < -0.4 is 15.5 Å². The van der Waals surface area contributed by atoms with Crippen molar-refractivity contribution in [2.75, 3.05) is 43.4 Å². The van der Waals surface area contributed by atoms with Gasteiger partial charge in [-0.05, 0) is 55.3 Å². The molecule has 2 aromatic carbocycles. The quantitative estimate of drug-likeness (QED) is 0.472. The summed E-state index contributed by atoms with van der Waals surface area (Å²) in [6.07, 6.45) is 5.47. The lowest BCUT2D eigenvalue weighted by Crippen LogP contribution is -2.46. The van der Waals surface area contributed by atoms with Crippen molar-refractivity contribution >= 4 is 40.4 Å². The van der Waals surface area contributed by atoms with Gasteiger partial charge in [-0.25, -0.2) is 4.98 Å². The third-order valence-corrected chi connectivity index (χ3v) is 7.92. The molecule has 3 aromatic rings. The molecule has 0 spiro atoms. The molecular formula is C30H35N7O3. The standard InChI is InChI=1S/C30H35N7O3/c1-35(29(40)23-5-3-2-4-6-23)24-11-12-26-25(19-24)33-30(34-28(39)22-9-7-21(20-31)8-10-22)37(26)16-13-27(38)36-17-14-32-15-18-36/h7-12,19,23,32H,2-6,13-18H2,1H3,(H,33,34,39). The minimum absolute atomic E-state index is 0.0466. The number of aromatic nitrogens is 2. The second kappa shape index (κ2) is 12.3. The van der Waals surface area contributed by atoms with Crippen LogP contribution in [0.5, 0.6) is 0 Å². The first-order chi connectivity index (χ1) is 19.4. The van der Waals surface area contributed by atoms with Crippen molar-refractivity contribution in [1.82, 2.24) is 19.8 Å². The first-order valence-electron chi connectivity index (χ1n) is 14.0. The fourth-order valence-corrected chi connectivity index (χ4v) is 5.55. The van der Waals surface area contributed by atoms with Gasteiger partial charge in [0.2, 0.25) is 17.8 Å². The van der Waals surface area contributed by atoms with Crippen LogP contribution in [0.25, 0.3) is 11.0 Å². The molecule has 1 aliphatic carbocycles. The second-order valence-electron chi connectivity index (χ2n) is 10.5. The van der Waals surface area contributed by atoms with Crippen LogP contribution in [-0.2, 0) is 16.1 Å². The smallest absolute Gasteiger partial charge is 0.257 e. The van der Waals surface area contributed by atoms with Crippen molar-refractivity contribution in [1.29, 1.82) is 5.26 Å². The molecular weight excluding hydrogens is 506 g/mol. The van der Waals surface area contributed by atoms with Gasteiger partial charge in [0.1, 0.15) is 0 Å². The summed E-state index contributed by atoms with van der Waals surface area (Å²) < 4.78 is 1.85. The normalized spacial score (nSPS) is 15.9. The van der Waals surface area contributed by atoms with Crippen molar-refractivity contribution in [3.05, 3.63) is 53.6 Å². The van der Waals surface area contributed by atoms with E-state index < -0.39 is 0 Å². The number of hydrogen-bond donors (Lipinski definition) is 2. The number of hydrogen-bond acceptors (Lipinski definition) is 6. The van der Waals surface area contributed by atoms with Gasteiger partial charge < -0.3 is 19.7 Å². The SMILES string of the molecule is CN(C(=O)C1CCCCC1)c1ccc2c(c1)nc(NC(=O)c1ccc(C#N)cc1)n2CCC(=O)N1CCNCC1. The van der Waals surface area contributed by atoms with E-state index in [-0.39, 0.29) is 30.1 Å². The Kier molecular flexibility index (Phi) is 8.41. The summed E-state index contributed by atoms with van der Waals surface area (Å²) in [6, 6.07) is 14.1. The monoisotopic (exact) mass is 541 g/mol. The number of carbonyl (C=O) groups is 3. The molecule has 0 unspecified atom stereocenters. The minimum atomic E-state index is -0.362. The van der Waals surface area contributed by atoms with E-state index in [1.54, 1.807) is 36.2 Å². The number of fused-ring (bicyclic) bond motifs is 1. The van der Waals surface area contributed by atoms with E-state index in [1.165, 1.54) is 6.42 Å². The summed E-state index contributed by atoms with van der Waals surface area (Å²) in [7, 11) is 1.80. The third-order valence-electron chi connectivity index (χ3n) is 7.92. The molecule has 1 aliphatic heterocycles. The Bertz CT molecular complexity index is 1430. The van der Waals surface area contributed by atoms with E-state index in [0.29, 0.717) is 42.2 Å². The second-order valence-corrected chi connectivity index (χ2v) is 10.5. The topological polar surface area (TPSA) is 123 Å².